The van der Waals surface area contributed by atoms with Gasteiger partial charge < -0.3 is 20.7 Å². The molecule has 2 rings (SSSR count). The molecule has 1 fully saturated rings. The summed E-state index contributed by atoms with van der Waals surface area (Å²) < 4.78 is 0. The molecule has 1 atom stereocenters. The van der Waals surface area contributed by atoms with Crippen LogP contribution >= 0.6 is 0 Å². The van der Waals surface area contributed by atoms with Gasteiger partial charge in [0.15, 0.2) is 5.69 Å². The van der Waals surface area contributed by atoms with E-state index in [2.05, 4.69) is 15.6 Å². The van der Waals surface area contributed by atoms with Gasteiger partial charge in [0.2, 0.25) is 0 Å². The summed E-state index contributed by atoms with van der Waals surface area (Å²) in [5, 5.41) is 16.7. The lowest BCUT2D eigenvalue weighted by Gasteiger charge is -2.14. The van der Waals surface area contributed by atoms with Crippen LogP contribution in [-0.2, 0) is 0 Å². The van der Waals surface area contributed by atoms with E-state index in [-0.39, 0.29) is 23.5 Å². The summed E-state index contributed by atoms with van der Waals surface area (Å²) in [5.74, 6) is -0.447. The van der Waals surface area contributed by atoms with E-state index in [1.165, 1.54) is 12.1 Å². The molecule has 1 aromatic rings. The summed E-state index contributed by atoms with van der Waals surface area (Å²) >= 11 is 0. The minimum absolute atomic E-state index is 0.134. The van der Waals surface area contributed by atoms with E-state index < -0.39 is 4.92 Å². The number of carbonyl (C=O) groups excluding carboxylic acids is 1. The molecule has 7 nitrogen and oxygen atoms in total. The van der Waals surface area contributed by atoms with Crippen molar-refractivity contribution in [1.82, 2.24) is 15.6 Å². The first-order valence-electron chi connectivity index (χ1n) is 6.02. The number of nitrogens with zero attached hydrogens (tertiary/aromatic N) is 1. The van der Waals surface area contributed by atoms with Crippen LogP contribution in [0.4, 0.5) is 5.82 Å². The monoisotopic (exact) mass is 252 g/mol. The van der Waals surface area contributed by atoms with Crippen molar-refractivity contribution in [2.75, 3.05) is 13.1 Å². The summed E-state index contributed by atoms with van der Waals surface area (Å²) in [7, 11) is 0. The van der Waals surface area contributed by atoms with Crippen LogP contribution in [0.15, 0.2) is 12.1 Å². The van der Waals surface area contributed by atoms with Gasteiger partial charge in [-0.3, -0.25) is 4.79 Å². The van der Waals surface area contributed by atoms with Gasteiger partial charge in [-0.25, -0.2) is 4.98 Å². The van der Waals surface area contributed by atoms with Crippen LogP contribution in [0, 0.1) is 10.1 Å². The van der Waals surface area contributed by atoms with E-state index >= 15 is 0 Å². The first-order chi connectivity index (χ1) is 8.66. The van der Waals surface area contributed by atoms with E-state index in [1.54, 1.807) is 0 Å². The molecule has 0 saturated carbocycles. The van der Waals surface area contributed by atoms with Crippen LogP contribution in [0.1, 0.15) is 29.8 Å². The van der Waals surface area contributed by atoms with Gasteiger partial charge in [0, 0.05) is 12.1 Å². The van der Waals surface area contributed by atoms with Crippen molar-refractivity contribution in [3.63, 3.8) is 0 Å². The zero-order valence-electron chi connectivity index (χ0n) is 9.94. The number of nitrogens with one attached hydrogen (secondary N) is 3. The standard InChI is InChI=1S/C11H16N4O3/c16-11(9-3-4-10(14-9)15(17)18)13-8-2-1-6-12-7-5-8/h3-4,8,12,14H,1-2,5-7H2,(H,13,16). The number of rotatable bonds is 3. The fourth-order valence-electron chi connectivity index (χ4n) is 2.05. The minimum atomic E-state index is -0.549. The maximum atomic E-state index is 11.9. The van der Waals surface area contributed by atoms with Crippen molar-refractivity contribution in [1.29, 1.82) is 0 Å². The minimum Gasteiger partial charge on any atom is -0.358 e. The molecule has 98 valence electrons. The number of nitro groups is 1. The number of carbonyl (C=O) groups is 1. The predicted octanol–water partition coefficient (Wildman–Crippen LogP) is 0.795. The molecule has 0 bridgehead atoms. The molecular formula is C11H16N4O3. The number of H-pyrrole nitrogens is 1. The van der Waals surface area contributed by atoms with E-state index in [1.807, 2.05) is 0 Å². The van der Waals surface area contributed by atoms with E-state index in [4.69, 9.17) is 0 Å². The molecule has 2 heterocycles. The zero-order valence-corrected chi connectivity index (χ0v) is 9.94. The Morgan fingerprint density at radius 1 is 1.39 bits per heavy atom. The van der Waals surface area contributed by atoms with Gasteiger partial charge >= 0.3 is 5.82 Å². The second kappa shape index (κ2) is 5.63. The Hall–Kier alpha value is -1.89. The maximum Gasteiger partial charge on any atom is 0.321 e. The largest absolute Gasteiger partial charge is 0.358 e. The molecule has 18 heavy (non-hydrogen) atoms. The Bertz CT molecular complexity index is 435. The predicted molar refractivity (Wildman–Crippen MR) is 65.4 cm³/mol. The molecule has 0 radical (unpaired) electrons. The zero-order chi connectivity index (χ0) is 13.0. The SMILES string of the molecule is O=C(NC1CCCNCC1)c1ccc([N+](=O)[O-])[nH]1. The van der Waals surface area contributed by atoms with Gasteiger partial charge in [-0.05, 0) is 43.3 Å². The van der Waals surface area contributed by atoms with Crippen LogP contribution in [0.5, 0.6) is 0 Å². The molecule has 1 aliphatic rings. The number of aromatic nitrogens is 1. The smallest absolute Gasteiger partial charge is 0.321 e. The Labute approximate surface area is 104 Å². The van der Waals surface area contributed by atoms with Gasteiger partial charge in [-0.15, -0.1) is 0 Å². The van der Waals surface area contributed by atoms with Crippen LogP contribution in [0.3, 0.4) is 0 Å². The summed E-state index contributed by atoms with van der Waals surface area (Å²) in [6, 6.07) is 2.86. The second-order valence-electron chi connectivity index (χ2n) is 4.37. The maximum absolute atomic E-state index is 11.9. The van der Waals surface area contributed by atoms with Crippen LogP contribution in [-0.4, -0.2) is 34.9 Å². The molecule has 3 N–H and O–H groups in total. The topological polar surface area (TPSA) is 100 Å². The first-order valence-corrected chi connectivity index (χ1v) is 6.02. The van der Waals surface area contributed by atoms with E-state index in [0.29, 0.717) is 0 Å². The first kappa shape index (κ1) is 12.6. The molecule has 1 aliphatic heterocycles. The van der Waals surface area contributed by atoms with Crippen molar-refractivity contribution in [3.8, 4) is 0 Å². The fraction of sp³-hybridized carbons (Fsp3) is 0.545. The highest BCUT2D eigenvalue weighted by atomic mass is 16.6. The molecule has 7 heteroatoms. The quantitative estimate of drug-likeness (QED) is 0.547. The van der Waals surface area contributed by atoms with Crippen LogP contribution < -0.4 is 10.6 Å². The second-order valence-corrected chi connectivity index (χ2v) is 4.37. The number of hydrogen-bond donors (Lipinski definition) is 3. The Morgan fingerprint density at radius 3 is 2.94 bits per heavy atom. The molecule has 0 aromatic carbocycles. The Balaban J connectivity index is 1.95. The van der Waals surface area contributed by atoms with Crippen molar-refractivity contribution < 1.29 is 9.72 Å². The summed E-state index contributed by atoms with van der Waals surface area (Å²) in [5.41, 5.74) is 0.235. The Morgan fingerprint density at radius 2 is 2.22 bits per heavy atom. The van der Waals surface area contributed by atoms with Gasteiger partial charge in [0.05, 0.1) is 0 Å². The highest BCUT2D eigenvalue weighted by Gasteiger charge is 2.19. The van der Waals surface area contributed by atoms with Crippen molar-refractivity contribution >= 4 is 11.7 Å². The third-order valence-electron chi connectivity index (χ3n) is 3.02. The highest BCUT2D eigenvalue weighted by Crippen LogP contribution is 2.11. The van der Waals surface area contributed by atoms with Gasteiger partial charge in [-0.2, -0.15) is 0 Å². The van der Waals surface area contributed by atoms with Gasteiger partial charge in [0.1, 0.15) is 0 Å². The van der Waals surface area contributed by atoms with E-state index in [0.717, 1.165) is 32.4 Å². The summed E-state index contributed by atoms with van der Waals surface area (Å²) in [6.07, 6.45) is 2.84. The van der Waals surface area contributed by atoms with E-state index in [9.17, 15) is 14.9 Å². The fourth-order valence-corrected chi connectivity index (χ4v) is 2.05. The average Bonchev–Trinajstić information content (AvgIpc) is 2.70. The van der Waals surface area contributed by atoms with Crippen molar-refractivity contribution in [3.05, 3.63) is 27.9 Å². The van der Waals surface area contributed by atoms with Crippen LogP contribution in [0.2, 0.25) is 0 Å². The lowest BCUT2D eigenvalue weighted by molar-refractivity contribution is -0.389. The molecule has 1 unspecified atom stereocenters. The van der Waals surface area contributed by atoms with Crippen LogP contribution in [0.25, 0.3) is 0 Å². The number of aromatic amines is 1. The molecule has 1 saturated heterocycles. The third kappa shape index (κ3) is 3.07. The summed E-state index contributed by atoms with van der Waals surface area (Å²) in [6.45, 7) is 1.86. The molecule has 1 aromatic heterocycles. The Kier molecular flexibility index (Phi) is 3.93. The van der Waals surface area contributed by atoms with Crippen molar-refractivity contribution in [2.45, 2.75) is 25.3 Å². The van der Waals surface area contributed by atoms with Gasteiger partial charge in [0.25, 0.3) is 5.91 Å². The molecule has 1 amide bonds. The molecular weight excluding hydrogens is 236 g/mol. The normalized spacial score (nSPS) is 20.1. The molecule has 0 spiro atoms. The van der Waals surface area contributed by atoms with Crippen molar-refractivity contribution in [2.24, 2.45) is 0 Å². The average molecular weight is 252 g/mol. The number of hydrogen-bond acceptors (Lipinski definition) is 4. The lowest BCUT2D eigenvalue weighted by Crippen LogP contribution is -2.35. The molecule has 0 aliphatic carbocycles. The highest BCUT2D eigenvalue weighted by molar-refractivity contribution is 5.93. The lowest BCUT2D eigenvalue weighted by atomic mass is 10.1. The third-order valence-corrected chi connectivity index (χ3v) is 3.02. The van der Waals surface area contributed by atoms with Gasteiger partial charge in [-0.1, -0.05) is 0 Å². The summed E-state index contributed by atoms with van der Waals surface area (Å²) in [4.78, 5) is 24.3. The number of amides is 1.